The van der Waals surface area contributed by atoms with Crippen molar-refractivity contribution in [3.05, 3.63) is 23.8 Å². The smallest absolute Gasteiger partial charge is 0.147 e. The molecular formula is C20H34O5S. The number of phenols is 1. The van der Waals surface area contributed by atoms with Crippen LogP contribution in [0, 0.1) is 0 Å². The van der Waals surface area contributed by atoms with E-state index in [1.54, 1.807) is 12.1 Å². The van der Waals surface area contributed by atoms with E-state index in [0.717, 1.165) is 37.0 Å². The van der Waals surface area contributed by atoms with Crippen molar-refractivity contribution in [2.24, 2.45) is 0 Å². The third kappa shape index (κ3) is 12.8. The van der Waals surface area contributed by atoms with Crippen molar-refractivity contribution in [3.63, 3.8) is 0 Å². The second-order valence-corrected chi connectivity index (χ2v) is 8.54. The number of ether oxygens (including phenoxy) is 1. The number of Topliss-reactive ketones (excluding diaryl/α,β-unsaturated/α-hetero) is 1. The largest absolute Gasteiger partial charge is 0.508 e. The third-order valence-electron chi connectivity index (χ3n) is 3.89. The summed E-state index contributed by atoms with van der Waals surface area (Å²) in [5.74, 6) is 1.56. The van der Waals surface area contributed by atoms with Crippen molar-refractivity contribution in [3.8, 4) is 11.5 Å². The summed E-state index contributed by atoms with van der Waals surface area (Å²) in [5.41, 5.74) is 1.08. The number of unbranched alkanes of at least 4 members (excludes halogenated alkanes) is 3. The van der Waals surface area contributed by atoms with Crippen LogP contribution in [0.25, 0.3) is 0 Å². The van der Waals surface area contributed by atoms with Crippen LogP contribution in [0.4, 0.5) is 0 Å². The fourth-order valence-corrected chi connectivity index (χ4v) is 2.95. The number of ketones is 1. The van der Waals surface area contributed by atoms with Gasteiger partial charge in [0.1, 0.15) is 27.1 Å². The van der Waals surface area contributed by atoms with E-state index in [1.165, 1.54) is 6.26 Å². The zero-order chi connectivity index (χ0) is 20.0. The third-order valence-corrected chi connectivity index (χ3v) is 4.92. The highest BCUT2D eigenvalue weighted by atomic mass is 32.2. The summed E-state index contributed by atoms with van der Waals surface area (Å²) in [4.78, 5) is 10.2. The molecule has 0 amide bonds. The van der Waals surface area contributed by atoms with Gasteiger partial charge in [-0.1, -0.05) is 39.7 Å². The topological polar surface area (TPSA) is 80.7 Å². The lowest BCUT2D eigenvalue weighted by atomic mass is 10.1. The molecule has 0 radical (unpaired) electrons. The number of rotatable bonds is 11. The molecule has 0 fully saturated rings. The molecule has 5 nitrogen and oxygen atoms in total. The number of hydrogen-bond donors (Lipinski definition) is 1. The Morgan fingerprint density at radius 2 is 1.65 bits per heavy atom. The van der Waals surface area contributed by atoms with Crippen LogP contribution >= 0.6 is 0 Å². The molecule has 0 heterocycles. The molecule has 0 atom stereocenters. The first-order chi connectivity index (χ1) is 12.2. The van der Waals surface area contributed by atoms with Gasteiger partial charge in [-0.25, -0.2) is 8.42 Å². The minimum absolute atomic E-state index is 0.213. The zero-order valence-electron chi connectivity index (χ0n) is 16.6. The Balaban J connectivity index is 0.000000896. The van der Waals surface area contributed by atoms with E-state index >= 15 is 0 Å². The lowest BCUT2D eigenvalue weighted by molar-refractivity contribution is -0.118. The summed E-state index contributed by atoms with van der Waals surface area (Å²) in [7, 11) is -2.83. The molecule has 0 aliphatic heterocycles. The van der Waals surface area contributed by atoms with E-state index in [1.807, 2.05) is 26.8 Å². The maximum Gasteiger partial charge on any atom is 0.147 e. The Labute approximate surface area is 158 Å². The van der Waals surface area contributed by atoms with E-state index < -0.39 is 9.84 Å². The van der Waals surface area contributed by atoms with Crippen molar-refractivity contribution < 1.29 is 23.1 Å². The van der Waals surface area contributed by atoms with Crippen molar-refractivity contribution in [1.29, 1.82) is 0 Å². The van der Waals surface area contributed by atoms with Crippen LogP contribution in [0.1, 0.15) is 64.9 Å². The average molecular weight is 387 g/mol. The number of benzene rings is 1. The molecule has 0 aliphatic carbocycles. The minimum atomic E-state index is -2.83. The average Bonchev–Trinajstić information content (AvgIpc) is 2.60. The molecule has 1 aromatic rings. The Hall–Kier alpha value is -1.56. The summed E-state index contributed by atoms with van der Waals surface area (Å²) in [6, 6.07) is 5.18. The van der Waals surface area contributed by atoms with Crippen LogP contribution in [-0.2, 0) is 21.1 Å². The quantitative estimate of drug-likeness (QED) is 0.573. The first-order valence-electron chi connectivity index (χ1n) is 9.37. The molecule has 1 N–H and O–H groups in total. The van der Waals surface area contributed by atoms with Gasteiger partial charge in [-0.3, -0.25) is 4.79 Å². The van der Waals surface area contributed by atoms with E-state index in [2.05, 4.69) is 0 Å². The lowest BCUT2D eigenvalue weighted by Gasteiger charge is -2.10. The summed E-state index contributed by atoms with van der Waals surface area (Å²) >= 11 is 0. The summed E-state index contributed by atoms with van der Waals surface area (Å²) in [6.07, 6.45) is 6.97. The van der Waals surface area contributed by atoms with Gasteiger partial charge in [-0.05, 0) is 30.9 Å². The molecule has 1 aromatic carbocycles. The van der Waals surface area contributed by atoms with Crippen LogP contribution in [0.3, 0.4) is 0 Å². The van der Waals surface area contributed by atoms with Crippen LogP contribution in [0.2, 0.25) is 0 Å². The van der Waals surface area contributed by atoms with Gasteiger partial charge >= 0.3 is 0 Å². The van der Waals surface area contributed by atoms with Gasteiger partial charge in [-0.2, -0.15) is 0 Å². The highest BCUT2D eigenvalue weighted by Gasteiger charge is 2.04. The molecule has 26 heavy (non-hydrogen) atoms. The molecular weight excluding hydrogens is 352 g/mol. The Kier molecular flexibility index (Phi) is 12.8. The second-order valence-electron chi connectivity index (χ2n) is 6.28. The number of carbonyl (C=O) groups is 1. The summed E-state index contributed by atoms with van der Waals surface area (Å²) in [6.45, 7) is 6.40. The van der Waals surface area contributed by atoms with Crippen LogP contribution in [0.15, 0.2) is 18.2 Å². The molecule has 1 rings (SSSR count). The van der Waals surface area contributed by atoms with Gasteiger partial charge < -0.3 is 9.84 Å². The van der Waals surface area contributed by atoms with Gasteiger partial charge in [0.25, 0.3) is 0 Å². The highest BCUT2D eigenvalue weighted by Crippen LogP contribution is 2.24. The van der Waals surface area contributed by atoms with Crippen molar-refractivity contribution >= 4 is 15.6 Å². The van der Waals surface area contributed by atoms with Crippen molar-refractivity contribution in [1.82, 2.24) is 0 Å². The zero-order valence-corrected chi connectivity index (χ0v) is 17.4. The maximum atomic E-state index is 11.0. The van der Waals surface area contributed by atoms with Gasteiger partial charge in [-0.15, -0.1) is 0 Å². The monoisotopic (exact) mass is 386 g/mol. The molecule has 0 aliphatic rings. The number of aromatic hydroxyl groups is 1. The maximum absolute atomic E-state index is 11.0. The van der Waals surface area contributed by atoms with Gasteiger partial charge in [0.05, 0.1) is 6.61 Å². The van der Waals surface area contributed by atoms with E-state index in [9.17, 15) is 18.3 Å². The number of carbonyl (C=O) groups excluding carboxylic acids is 1. The molecule has 150 valence electrons. The van der Waals surface area contributed by atoms with Crippen LogP contribution in [-0.4, -0.2) is 37.9 Å². The van der Waals surface area contributed by atoms with Gasteiger partial charge in [0.15, 0.2) is 0 Å². The Bertz CT molecular complexity index is 617. The fraction of sp³-hybridized carbons (Fsp3) is 0.650. The molecule has 0 unspecified atom stereocenters. The number of aryl methyl sites for hydroxylation is 1. The predicted octanol–water partition coefficient (Wildman–Crippen LogP) is 4.31. The molecule has 0 saturated heterocycles. The lowest BCUT2D eigenvalue weighted by Crippen LogP contribution is -2.03. The SMILES string of the molecule is CCC(=O)CC.CCc1ccc(O)cc1OCCCCCCS(C)(=O)=O. The molecule has 0 aromatic heterocycles. The first kappa shape index (κ1) is 24.4. The molecule has 6 heteroatoms. The first-order valence-corrected chi connectivity index (χ1v) is 11.4. The fourth-order valence-electron chi connectivity index (χ4n) is 2.22. The minimum Gasteiger partial charge on any atom is -0.508 e. The summed E-state index contributed by atoms with van der Waals surface area (Å²) < 4.78 is 27.6. The van der Waals surface area contributed by atoms with E-state index in [4.69, 9.17) is 4.74 Å². The van der Waals surface area contributed by atoms with Crippen molar-refractivity contribution in [2.75, 3.05) is 18.6 Å². The Morgan fingerprint density at radius 3 is 2.15 bits per heavy atom. The second kappa shape index (κ2) is 13.6. The standard InChI is InChI=1S/C15H24O4S.C5H10O/c1-3-13-8-9-14(16)12-15(13)19-10-6-4-5-7-11-20(2,17)18;1-3-5(6)4-2/h8-9,12,16H,3-7,10-11H2,1-2H3;3-4H2,1-2H3. The van der Waals surface area contributed by atoms with Crippen molar-refractivity contribution in [2.45, 2.75) is 65.7 Å². The van der Waals surface area contributed by atoms with Crippen LogP contribution in [0.5, 0.6) is 11.5 Å². The predicted molar refractivity (Wildman–Crippen MR) is 107 cm³/mol. The number of phenolic OH excluding ortho intramolecular Hbond substituents is 1. The Morgan fingerprint density at radius 1 is 1.04 bits per heavy atom. The van der Waals surface area contributed by atoms with Gasteiger partial charge in [0.2, 0.25) is 0 Å². The van der Waals surface area contributed by atoms with Crippen LogP contribution < -0.4 is 4.74 Å². The number of hydrogen-bond acceptors (Lipinski definition) is 5. The van der Waals surface area contributed by atoms with Gasteiger partial charge in [0, 0.05) is 30.9 Å². The normalized spacial score (nSPS) is 10.8. The molecule has 0 saturated carbocycles. The molecule has 0 spiro atoms. The van der Waals surface area contributed by atoms with E-state index in [-0.39, 0.29) is 11.5 Å². The van der Waals surface area contributed by atoms with E-state index in [0.29, 0.717) is 31.7 Å². The highest BCUT2D eigenvalue weighted by molar-refractivity contribution is 7.90. The number of sulfone groups is 1. The molecule has 0 bridgehead atoms. The summed E-state index contributed by atoms with van der Waals surface area (Å²) in [5, 5.41) is 9.45.